The summed E-state index contributed by atoms with van der Waals surface area (Å²) in [5.74, 6) is -0.700. The van der Waals surface area contributed by atoms with E-state index < -0.39 is 33.7 Å². The molecule has 0 aliphatic heterocycles. The van der Waals surface area contributed by atoms with Crippen molar-refractivity contribution in [1.82, 2.24) is 0 Å². The third-order valence-corrected chi connectivity index (χ3v) is 7.86. The molecule has 0 spiro atoms. The molecule has 0 saturated heterocycles. The monoisotopic (exact) mass is 416 g/mol. The molecule has 2 N–H and O–H groups in total. The topological polar surface area (TPSA) is 40.5 Å². The minimum absolute atomic E-state index is 0.323. The summed E-state index contributed by atoms with van der Waals surface area (Å²) in [5, 5.41) is 18.2. The SMILES string of the molecule is OC1C(Cl)CC(Cl)C(Cl)C1CC1C(O)C(Cl)CC(Cl)C1Cl. The van der Waals surface area contributed by atoms with E-state index in [4.69, 9.17) is 69.6 Å². The van der Waals surface area contributed by atoms with Gasteiger partial charge in [0.1, 0.15) is 0 Å². The van der Waals surface area contributed by atoms with Crippen LogP contribution in [0.3, 0.4) is 0 Å². The summed E-state index contributed by atoms with van der Waals surface area (Å²) in [6.45, 7) is 0. The summed E-state index contributed by atoms with van der Waals surface area (Å²) >= 11 is 37.3. The molecule has 124 valence electrons. The van der Waals surface area contributed by atoms with Crippen molar-refractivity contribution in [3.05, 3.63) is 0 Å². The van der Waals surface area contributed by atoms with Crippen LogP contribution in [-0.2, 0) is 0 Å². The van der Waals surface area contributed by atoms with Gasteiger partial charge in [-0.1, -0.05) is 0 Å². The summed E-state index contributed by atoms with van der Waals surface area (Å²) in [5.41, 5.74) is 0. The molecule has 2 rings (SSSR count). The molecular formula is C13H18Cl6O2. The third-order valence-electron chi connectivity index (χ3n) is 4.57. The smallest absolute Gasteiger partial charge is 0.0747 e. The van der Waals surface area contributed by atoms with Crippen LogP contribution in [0, 0.1) is 11.8 Å². The minimum Gasteiger partial charge on any atom is -0.391 e. The van der Waals surface area contributed by atoms with Gasteiger partial charge in [-0.25, -0.2) is 0 Å². The molecule has 2 nitrogen and oxygen atoms in total. The Bertz CT molecular complexity index is 300. The Morgan fingerprint density at radius 3 is 1.29 bits per heavy atom. The first-order valence-corrected chi connectivity index (χ1v) is 9.56. The normalized spacial score (nSPS) is 55.4. The maximum Gasteiger partial charge on any atom is 0.0747 e. The van der Waals surface area contributed by atoms with E-state index >= 15 is 0 Å². The van der Waals surface area contributed by atoms with Crippen LogP contribution in [0.5, 0.6) is 0 Å². The van der Waals surface area contributed by atoms with Crippen molar-refractivity contribution in [2.24, 2.45) is 11.8 Å². The Hall–Kier alpha value is 1.66. The highest BCUT2D eigenvalue weighted by molar-refractivity contribution is 6.32. The Morgan fingerprint density at radius 2 is 0.952 bits per heavy atom. The van der Waals surface area contributed by atoms with E-state index in [1.165, 1.54) is 0 Å². The fraction of sp³-hybridized carbons (Fsp3) is 1.00. The van der Waals surface area contributed by atoms with Crippen LogP contribution in [0.2, 0.25) is 0 Å². The van der Waals surface area contributed by atoms with Gasteiger partial charge in [-0.2, -0.15) is 0 Å². The van der Waals surface area contributed by atoms with E-state index in [0.717, 1.165) is 0 Å². The number of hydrogen-bond donors (Lipinski definition) is 2. The van der Waals surface area contributed by atoms with E-state index in [2.05, 4.69) is 0 Å². The highest BCUT2D eigenvalue weighted by Gasteiger charge is 2.48. The molecule has 10 atom stereocenters. The molecule has 0 radical (unpaired) electrons. The zero-order valence-corrected chi connectivity index (χ0v) is 15.6. The van der Waals surface area contributed by atoms with Crippen molar-refractivity contribution in [2.45, 2.75) is 63.7 Å². The van der Waals surface area contributed by atoms with Crippen LogP contribution in [-0.4, -0.2) is 54.7 Å². The van der Waals surface area contributed by atoms with Crippen LogP contribution in [0.4, 0.5) is 0 Å². The first kappa shape index (κ1) is 19.0. The van der Waals surface area contributed by atoms with Crippen molar-refractivity contribution < 1.29 is 10.2 Å². The Kier molecular flexibility index (Phi) is 6.96. The van der Waals surface area contributed by atoms with Gasteiger partial charge in [0.25, 0.3) is 0 Å². The van der Waals surface area contributed by atoms with Crippen molar-refractivity contribution in [2.75, 3.05) is 0 Å². The average molecular weight is 419 g/mol. The molecule has 2 aliphatic carbocycles. The molecule has 0 aromatic heterocycles. The standard InChI is InChI=1S/C13H18Cl6O2/c14-6-2-8(16)12(20)4(10(6)18)1-5-11(19)7(15)3-9(17)13(5)21/h4-13,20-21H,1-3H2. The Morgan fingerprint density at radius 1 is 0.619 bits per heavy atom. The summed E-state index contributed by atoms with van der Waals surface area (Å²) in [6.07, 6.45) is -0.288. The van der Waals surface area contributed by atoms with Crippen LogP contribution < -0.4 is 0 Å². The van der Waals surface area contributed by atoms with Crippen molar-refractivity contribution >= 4 is 69.6 Å². The van der Waals surface area contributed by atoms with Gasteiger partial charge in [-0.3, -0.25) is 0 Å². The molecule has 0 heterocycles. The van der Waals surface area contributed by atoms with Gasteiger partial charge in [-0.15, -0.1) is 69.6 Å². The fourth-order valence-corrected chi connectivity index (χ4v) is 5.68. The van der Waals surface area contributed by atoms with Crippen molar-refractivity contribution in [1.29, 1.82) is 0 Å². The first-order valence-electron chi connectivity index (χ1n) is 6.94. The van der Waals surface area contributed by atoms with Gasteiger partial charge in [-0.05, 0) is 19.3 Å². The molecule has 2 aliphatic rings. The third kappa shape index (κ3) is 4.02. The van der Waals surface area contributed by atoms with Crippen molar-refractivity contribution in [3.8, 4) is 0 Å². The number of aliphatic hydroxyl groups is 2. The quantitative estimate of drug-likeness (QED) is 0.670. The maximum atomic E-state index is 10.3. The van der Waals surface area contributed by atoms with Gasteiger partial charge in [0.15, 0.2) is 0 Å². The van der Waals surface area contributed by atoms with E-state index in [0.29, 0.717) is 19.3 Å². The molecule has 2 fully saturated rings. The second-order valence-electron chi connectivity index (χ2n) is 5.97. The lowest BCUT2D eigenvalue weighted by atomic mass is 9.74. The maximum absolute atomic E-state index is 10.3. The minimum atomic E-state index is -0.787. The van der Waals surface area contributed by atoms with Crippen LogP contribution in [0.15, 0.2) is 0 Å². The number of hydrogen-bond acceptors (Lipinski definition) is 2. The molecule has 0 aromatic carbocycles. The molecule has 2 saturated carbocycles. The van der Waals surface area contributed by atoms with Gasteiger partial charge in [0.05, 0.1) is 44.5 Å². The van der Waals surface area contributed by atoms with E-state index in [1.807, 2.05) is 0 Å². The molecule has 0 bridgehead atoms. The first-order chi connectivity index (χ1) is 9.73. The number of alkyl halides is 6. The average Bonchev–Trinajstić information content (AvgIpc) is 2.42. The predicted octanol–water partition coefficient (Wildman–Crippen LogP) is 3.78. The highest BCUT2D eigenvalue weighted by Crippen LogP contribution is 2.44. The van der Waals surface area contributed by atoms with E-state index in [-0.39, 0.29) is 22.6 Å². The highest BCUT2D eigenvalue weighted by atomic mass is 35.5. The van der Waals surface area contributed by atoms with Crippen LogP contribution >= 0.6 is 69.6 Å². The van der Waals surface area contributed by atoms with Gasteiger partial charge >= 0.3 is 0 Å². The van der Waals surface area contributed by atoms with Crippen LogP contribution in [0.1, 0.15) is 19.3 Å². The second kappa shape index (κ2) is 7.70. The number of aliphatic hydroxyl groups excluding tert-OH is 2. The van der Waals surface area contributed by atoms with E-state index in [9.17, 15) is 10.2 Å². The van der Waals surface area contributed by atoms with E-state index in [1.54, 1.807) is 0 Å². The summed E-state index contributed by atoms with van der Waals surface area (Å²) in [4.78, 5) is 0. The summed E-state index contributed by atoms with van der Waals surface area (Å²) < 4.78 is 0. The summed E-state index contributed by atoms with van der Waals surface area (Å²) in [6, 6.07) is 0. The molecule has 0 aromatic rings. The lowest BCUT2D eigenvalue weighted by Gasteiger charge is -2.44. The summed E-state index contributed by atoms with van der Waals surface area (Å²) in [7, 11) is 0. The Labute approximate surface area is 155 Å². The number of halogens is 6. The lowest BCUT2D eigenvalue weighted by molar-refractivity contribution is 0.0222. The predicted molar refractivity (Wildman–Crippen MR) is 90.7 cm³/mol. The molecule has 0 amide bonds. The zero-order chi connectivity index (χ0) is 15.9. The second-order valence-corrected chi connectivity index (χ2v) is 9.22. The van der Waals surface area contributed by atoms with Gasteiger partial charge in [0.2, 0.25) is 0 Å². The molecule has 10 unspecified atom stereocenters. The molecule has 21 heavy (non-hydrogen) atoms. The van der Waals surface area contributed by atoms with Crippen molar-refractivity contribution in [3.63, 3.8) is 0 Å². The lowest BCUT2D eigenvalue weighted by Crippen LogP contribution is -2.52. The Balaban J connectivity index is 2.13. The van der Waals surface area contributed by atoms with Gasteiger partial charge < -0.3 is 10.2 Å². The molecule has 8 heteroatoms. The van der Waals surface area contributed by atoms with Crippen LogP contribution in [0.25, 0.3) is 0 Å². The number of rotatable bonds is 2. The molecular weight excluding hydrogens is 401 g/mol. The van der Waals surface area contributed by atoms with Gasteiger partial charge in [0, 0.05) is 11.8 Å². The largest absolute Gasteiger partial charge is 0.391 e. The fourth-order valence-electron chi connectivity index (χ4n) is 3.27. The zero-order valence-electron chi connectivity index (χ0n) is 11.1.